The summed E-state index contributed by atoms with van der Waals surface area (Å²) in [7, 11) is 0. The molecule has 1 aromatic carbocycles. The summed E-state index contributed by atoms with van der Waals surface area (Å²) in [4.78, 5) is 35.5. The van der Waals surface area contributed by atoms with Crippen LogP contribution in [0, 0.1) is 0 Å². The Kier molecular flexibility index (Phi) is 3.90. The van der Waals surface area contributed by atoms with Crippen molar-refractivity contribution in [3.05, 3.63) is 29.8 Å². The number of rotatable bonds is 4. The van der Waals surface area contributed by atoms with Crippen molar-refractivity contribution >= 4 is 34.6 Å². The Balaban J connectivity index is 2.21. The highest BCUT2D eigenvalue weighted by molar-refractivity contribution is 8.15. The Morgan fingerprint density at radius 3 is 2.47 bits per heavy atom. The highest BCUT2D eigenvalue weighted by Gasteiger charge is 2.41. The molecule has 0 aromatic heterocycles. The van der Waals surface area contributed by atoms with E-state index in [0.717, 1.165) is 28.6 Å². The molecule has 6 heteroatoms. The number of amides is 2. The molecule has 2 rings (SSSR count). The second-order valence-corrected chi connectivity index (χ2v) is 5.32. The van der Waals surface area contributed by atoms with Crippen LogP contribution in [0.2, 0.25) is 0 Å². The molecule has 0 spiro atoms. The zero-order valence-electron chi connectivity index (χ0n) is 10.3. The van der Waals surface area contributed by atoms with E-state index < -0.39 is 22.4 Å². The van der Waals surface area contributed by atoms with Gasteiger partial charge in [-0.15, -0.1) is 0 Å². The number of carbonyl (C=O) groups excluding carboxylic acids is 2. The van der Waals surface area contributed by atoms with E-state index in [4.69, 9.17) is 5.11 Å². The fourth-order valence-corrected chi connectivity index (χ4v) is 2.84. The van der Waals surface area contributed by atoms with Crippen LogP contribution in [0.15, 0.2) is 24.3 Å². The lowest BCUT2D eigenvalue weighted by atomic mass is 10.1. The maximum Gasteiger partial charge on any atom is 0.305 e. The first-order chi connectivity index (χ1) is 9.02. The van der Waals surface area contributed by atoms with Crippen LogP contribution in [-0.4, -0.2) is 27.5 Å². The molecule has 1 heterocycles. The van der Waals surface area contributed by atoms with Crippen LogP contribution >= 0.6 is 11.8 Å². The van der Waals surface area contributed by atoms with Crippen LogP contribution in [0.25, 0.3) is 0 Å². The summed E-state index contributed by atoms with van der Waals surface area (Å²) in [5, 5.41) is 7.47. The Labute approximate surface area is 114 Å². The van der Waals surface area contributed by atoms with E-state index in [2.05, 4.69) is 0 Å². The van der Waals surface area contributed by atoms with Gasteiger partial charge in [-0.05, 0) is 35.9 Å². The van der Waals surface area contributed by atoms with Crippen molar-refractivity contribution in [2.24, 2.45) is 0 Å². The van der Waals surface area contributed by atoms with E-state index in [1.54, 1.807) is 12.1 Å². The molecule has 0 bridgehead atoms. The number of carboxylic acid groups (broad SMARTS) is 1. The van der Waals surface area contributed by atoms with Crippen molar-refractivity contribution < 1.29 is 19.5 Å². The molecule has 100 valence electrons. The lowest BCUT2D eigenvalue weighted by molar-refractivity contribution is -0.138. The first kappa shape index (κ1) is 13.6. The van der Waals surface area contributed by atoms with Crippen molar-refractivity contribution in [2.45, 2.75) is 25.0 Å². The monoisotopic (exact) mass is 279 g/mol. The number of nitrogens with zero attached hydrogens (tertiary/aromatic N) is 1. The zero-order valence-corrected chi connectivity index (χ0v) is 11.1. The molecule has 0 unspecified atom stereocenters. The summed E-state index contributed by atoms with van der Waals surface area (Å²) in [5.74, 6) is -1.54. The molecular weight excluding hydrogens is 266 g/mol. The second-order valence-electron chi connectivity index (χ2n) is 4.16. The van der Waals surface area contributed by atoms with Crippen molar-refractivity contribution in [1.82, 2.24) is 0 Å². The Bertz CT molecular complexity index is 526. The molecule has 0 saturated carbocycles. The number of aliphatic carboxylic acids is 1. The van der Waals surface area contributed by atoms with E-state index in [1.807, 2.05) is 19.1 Å². The summed E-state index contributed by atoms with van der Waals surface area (Å²) >= 11 is 0.772. The fourth-order valence-electron chi connectivity index (χ4n) is 1.86. The predicted octanol–water partition coefficient (Wildman–Crippen LogP) is 2.29. The number of carbonyl (C=O) groups is 3. The van der Waals surface area contributed by atoms with Crippen molar-refractivity contribution in [2.75, 3.05) is 4.90 Å². The van der Waals surface area contributed by atoms with E-state index in [1.165, 1.54) is 0 Å². The maximum absolute atomic E-state index is 12.0. The molecule has 1 saturated heterocycles. The normalized spacial score (nSPS) is 19.0. The number of benzene rings is 1. The van der Waals surface area contributed by atoms with Crippen molar-refractivity contribution in [1.29, 1.82) is 0 Å². The van der Waals surface area contributed by atoms with Gasteiger partial charge >= 0.3 is 5.97 Å². The summed E-state index contributed by atoms with van der Waals surface area (Å²) < 4.78 is 0. The maximum atomic E-state index is 12.0. The molecule has 1 N–H and O–H groups in total. The second kappa shape index (κ2) is 5.44. The number of imide groups is 1. The average Bonchev–Trinajstić information content (AvgIpc) is 2.64. The van der Waals surface area contributed by atoms with Gasteiger partial charge in [0.05, 0.1) is 12.1 Å². The van der Waals surface area contributed by atoms with Gasteiger partial charge in [-0.2, -0.15) is 0 Å². The Morgan fingerprint density at radius 1 is 1.32 bits per heavy atom. The summed E-state index contributed by atoms with van der Waals surface area (Å²) in [6, 6.07) is 7.12. The van der Waals surface area contributed by atoms with Gasteiger partial charge in [-0.3, -0.25) is 14.4 Å². The third kappa shape index (κ3) is 2.78. The number of carboxylic acids is 1. The molecule has 1 aliphatic heterocycles. The highest BCUT2D eigenvalue weighted by Crippen LogP contribution is 2.33. The number of aryl methyl sites for hydroxylation is 1. The molecule has 1 aliphatic rings. The Morgan fingerprint density at radius 2 is 1.95 bits per heavy atom. The minimum atomic E-state index is -1.08. The Hall–Kier alpha value is -1.82. The smallest absolute Gasteiger partial charge is 0.305 e. The molecule has 0 radical (unpaired) electrons. The molecule has 2 amide bonds. The van der Waals surface area contributed by atoms with Gasteiger partial charge in [0, 0.05) is 0 Å². The topological polar surface area (TPSA) is 74.7 Å². The van der Waals surface area contributed by atoms with Crippen LogP contribution in [0.5, 0.6) is 0 Å². The van der Waals surface area contributed by atoms with Gasteiger partial charge in [0.1, 0.15) is 5.25 Å². The number of anilines is 1. The first-order valence-corrected chi connectivity index (χ1v) is 6.76. The van der Waals surface area contributed by atoms with E-state index in [0.29, 0.717) is 5.69 Å². The largest absolute Gasteiger partial charge is 0.481 e. The standard InChI is InChI=1S/C13H13NO4S/c1-2-8-3-5-9(6-4-8)14-12(17)10(7-11(15)16)19-13(14)18/h3-6,10H,2,7H2,1H3,(H,15,16)/t10-/m0/s1. The summed E-state index contributed by atoms with van der Waals surface area (Å²) in [6.45, 7) is 2.01. The summed E-state index contributed by atoms with van der Waals surface area (Å²) in [6.07, 6.45) is 0.539. The van der Waals surface area contributed by atoms with Gasteiger partial charge < -0.3 is 5.11 Å². The van der Waals surface area contributed by atoms with Gasteiger partial charge in [0.15, 0.2) is 0 Å². The van der Waals surface area contributed by atoms with Crippen LogP contribution < -0.4 is 4.90 Å². The average molecular weight is 279 g/mol. The van der Waals surface area contributed by atoms with E-state index >= 15 is 0 Å². The molecular formula is C13H13NO4S. The van der Waals surface area contributed by atoms with E-state index in [-0.39, 0.29) is 6.42 Å². The minimum Gasteiger partial charge on any atom is -0.481 e. The zero-order chi connectivity index (χ0) is 14.0. The van der Waals surface area contributed by atoms with Gasteiger partial charge in [-0.1, -0.05) is 19.1 Å². The predicted molar refractivity (Wildman–Crippen MR) is 72.3 cm³/mol. The lowest BCUT2D eigenvalue weighted by Gasteiger charge is -2.13. The molecule has 1 aromatic rings. The number of hydrogen-bond acceptors (Lipinski definition) is 4. The van der Waals surface area contributed by atoms with Crippen LogP contribution in [0.4, 0.5) is 10.5 Å². The third-order valence-corrected chi connectivity index (χ3v) is 3.92. The van der Waals surface area contributed by atoms with Gasteiger partial charge in [0.2, 0.25) is 5.91 Å². The van der Waals surface area contributed by atoms with Crippen molar-refractivity contribution in [3.63, 3.8) is 0 Å². The third-order valence-electron chi connectivity index (χ3n) is 2.88. The lowest BCUT2D eigenvalue weighted by Crippen LogP contribution is -2.32. The molecule has 19 heavy (non-hydrogen) atoms. The first-order valence-electron chi connectivity index (χ1n) is 5.88. The van der Waals surface area contributed by atoms with Gasteiger partial charge in [-0.25, -0.2) is 4.90 Å². The van der Waals surface area contributed by atoms with Crippen molar-refractivity contribution in [3.8, 4) is 0 Å². The fraction of sp³-hybridized carbons (Fsp3) is 0.308. The minimum absolute atomic E-state index is 0.335. The van der Waals surface area contributed by atoms with Crippen LogP contribution in [-0.2, 0) is 16.0 Å². The molecule has 5 nitrogen and oxygen atoms in total. The SMILES string of the molecule is CCc1ccc(N2C(=O)S[C@@H](CC(=O)O)C2=O)cc1. The molecule has 1 atom stereocenters. The number of hydrogen-bond donors (Lipinski definition) is 1. The highest BCUT2D eigenvalue weighted by atomic mass is 32.2. The summed E-state index contributed by atoms with van der Waals surface area (Å²) in [5.41, 5.74) is 1.60. The number of thioether (sulfide) groups is 1. The van der Waals surface area contributed by atoms with E-state index in [9.17, 15) is 14.4 Å². The van der Waals surface area contributed by atoms with Gasteiger partial charge in [0.25, 0.3) is 5.24 Å². The molecule has 0 aliphatic carbocycles. The van der Waals surface area contributed by atoms with Crippen LogP contribution in [0.1, 0.15) is 18.9 Å². The molecule has 1 fully saturated rings. The van der Waals surface area contributed by atoms with Crippen LogP contribution in [0.3, 0.4) is 0 Å². The quantitative estimate of drug-likeness (QED) is 0.915.